The van der Waals surface area contributed by atoms with Crippen LogP contribution in [0, 0.1) is 11.3 Å². The van der Waals surface area contributed by atoms with Crippen molar-refractivity contribution in [1.82, 2.24) is 19.6 Å². The number of nitrogens with zero attached hydrogens (tertiary/aromatic N) is 4. The number of ether oxygens (including phenoxy) is 3. The molecule has 0 amide bonds. The fourth-order valence-corrected chi connectivity index (χ4v) is 7.16. The smallest absolute Gasteiger partial charge is 0.341 e. The van der Waals surface area contributed by atoms with Crippen molar-refractivity contribution in [3.63, 3.8) is 0 Å². The molecule has 1 saturated carbocycles. The lowest BCUT2D eigenvalue weighted by molar-refractivity contribution is -0.119. The quantitative estimate of drug-likeness (QED) is 0.277. The summed E-state index contributed by atoms with van der Waals surface area (Å²) in [6.07, 6.45) is 9.25. The maximum Gasteiger partial charge on any atom is 0.341 e. The van der Waals surface area contributed by atoms with Crippen LogP contribution in [0.3, 0.4) is 0 Å². The summed E-state index contributed by atoms with van der Waals surface area (Å²) in [5.74, 6) is 1.27. The fourth-order valence-electron chi connectivity index (χ4n) is 6.08. The van der Waals surface area contributed by atoms with E-state index in [0.717, 1.165) is 43.0 Å². The van der Waals surface area contributed by atoms with Crippen molar-refractivity contribution in [3.05, 3.63) is 51.3 Å². The Morgan fingerprint density at radius 1 is 1.20 bits per heavy atom. The Balaban J connectivity index is 1.39. The van der Waals surface area contributed by atoms with Crippen molar-refractivity contribution in [2.75, 3.05) is 20.8 Å². The first-order valence-electron chi connectivity index (χ1n) is 13.7. The highest BCUT2D eigenvalue weighted by molar-refractivity contribution is 8.03. The minimum absolute atomic E-state index is 0.0666. The summed E-state index contributed by atoms with van der Waals surface area (Å²) in [6.45, 7) is 1.97. The second-order valence-electron chi connectivity index (χ2n) is 10.5. The standard InChI is InChI=1S/C29H33ClN4O6S/c1-4-40-26(37)18-15-31-27-32-28(33-34(27)16-18)41-25-21(35)13-29(14-22(25)36,19-7-5-6-8-19)10-9-17-11-20(30)24(39-3)12-23(17)38-2/h11-12,15-16,19,35H,4-10,13-14H2,1-3H3. The van der Waals surface area contributed by atoms with Gasteiger partial charge in [0.05, 0.1) is 36.3 Å². The Morgan fingerprint density at radius 3 is 2.63 bits per heavy atom. The van der Waals surface area contributed by atoms with Crippen molar-refractivity contribution in [3.8, 4) is 11.5 Å². The van der Waals surface area contributed by atoms with Gasteiger partial charge in [-0.25, -0.2) is 14.3 Å². The van der Waals surface area contributed by atoms with Gasteiger partial charge in [0.15, 0.2) is 5.78 Å². The van der Waals surface area contributed by atoms with Gasteiger partial charge < -0.3 is 19.3 Å². The van der Waals surface area contributed by atoms with E-state index in [0.29, 0.717) is 48.1 Å². The number of aliphatic hydroxyl groups is 1. The van der Waals surface area contributed by atoms with Crippen LogP contribution in [0.2, 0.25) is 5.02 Å². The van der Waals surface area contributed by atoms with Crippen LogP contribution < -0.4 is 9.47 Å². The molecule has 10 nitrogen and oxygen atoms in total. The van der Waals surface area contributed by atoms with Crippen molar-refractivity contribution in [2.24, 2.45) is 11.3 Å². The lowest BCUT2D eigenvalue weighted by atomic mass is 9.63. The van der Waals surface area contributed by atoms with Crippen LogP contribution in [-0.4, -0.2) is 57.3 Å². The van der Waals surface area contributed by atoms with Crippen LogP contribution >= 0.6 is 23.4 Å². The van der Waals surface area contributed by atoms with Gasteiger partial charge in [0, 0.05) is 31.3 Å². The molecule has 41 heavy (non-hydrogen) atoms. The molecule has 5 rings (SSSR count). The third kappa shape index (κ3) is 6.01. The van der Waals surface area contributed by atoms with E-state index in [1.54, 1.807) is 27.2 Å². The molecule has 1 N–H and O–H groups in total. The number of hydrogen-bond acceptors (Lipinski definition) is 10. The Hall–Kier alpha value is -3.31. The summed E-state index contributed by atoms with van der Waals surface area (Å²) >= 11 is 7.46. The summed E-state index contributed by atoms with van der Waals surface area (Å²) in [5, 5.41) is 16.4. The molecule has 0 aliphatic heterocycles. The number of halogens is 1. The number of aliphatic hydroxyl groups excluding tert-OH is 1. The molecule has 0 saturated heterocycles. The molecule has 1 aromatic carbocycles. The number of aryl methyl sites for hydroxylation is 1. The first kappa shape index (κ1) is 29.2. The lowest BCUT2D eigenvalue weighted by Crippen LogP contribution is -2.37. The van der Waals surface area contributed by atoms with E-state index in [-0.39, 0.29) is 45.0 Å². The van der Waals surface area contributed by atoms with Gasteiger partial charge >= 0.3 is 5.97 Å². The second kappa shape index (κ2) is 12.3. The summed E-state index contributed by atoms with van der Waals surface area (Å²) in [7, 11) is 3.18. The minimum atomic E-state index is -0.507. The molecular weight excluding hydrogens is 568 g/mol. The third-order valence-electron chi connectivity index (χ3n) is 8.09. The number of Topliss-reactive ketones (excluding diaryl/α,β-unsaturated/α-hetero) is 1. The summed E-state index contributed by atoms with van der Waals surface area (Å²) in [6, 6.07) is 3.64. The lowest BCUT2D eigenvalue weighted by Gasteiger charge is -2.42. The van der Waals surface area contributed by atoms with Gasteiger partial charge in [0.25, 0.3) is 5.78 Å². The topological polar surface area (TPSA) is 125 Å². The van der Waals surface area contributed by atoms with Crippen molar-refractivity contribution >= 4 is 40.9 Å². The summed E-state index contributed by atoms with van der Waals surface area (Å²) in [5.41, 5.74) is 0.810. The highest BCUT2D eigenvalue weighted by Crippen LogP contribution is 2.53. The van der Waals surface area contributed by atoms with E-state index >= 15 is 0 Å². The number of rotatable bonds is 10. The van der Waals surface area contributed by atoms with Crippen LogP contribution in [0.1, 0.15) is 67.8 Å². The molecular formula is C29H33ClN4O6S. The number of ketones is 1. The minimum Gasteiger partial charge on any atom is -0.511 e. The third-order valence-corrected chi connectivity index (χ3v) is 9.41. The Morgan fingerprint density at radius 2 is 1.95 bits per heavy atom. The zero-order valence-electron chi connectivity index (χ0n) is 23.3. The maximum atomic E-state index is 13.6. The van der Waals surface area contributed by atoms with Gasteiger partial charge in [-0.2, -0.15) is 4.98 Å². The SMILES string of the molecule is CCOC(=O)c1cnc2nc(SC3=C(O)CC(CCc4cc(Cl)c(OC)cc4OC)(C4CCCC4)CC3=O)nn2c1. The number of methoxy groups -OCH3 is 2. The van der Waals surface area contributed by atoms with Crippen LogP contribution in [0.4, 0.5) is 0 Å². The average Bonchev–Trinajstić information content (AvgIpc) is 3.64. The van der Waals surface area contributed by atoms with Crippen molar-refractivity contribution in [1.29, 1.82) is 0 Å². The molecule has 3 aromatic rings. The molecule has 1 unspecified atom stereocenters. The Kier molecular flexibility index (Phi) is 8.74. The second-order valence-corrected chi connectivity index (χ2v) is 11.9. The predicted octanol–water partition coefficient (Wildman–Crippen LogP) is 6.01. The number of aromatic nitrogens is 4. The van der Waals surface area contributed by atoms with Crippen LogP contribution in [0.5, 0.6) is 11.5 Å². The molecule has 2 aliphatic rings. The molecule has 2 aromatic heterocycles. The van der Waals surface area contributed by atoms with Gasteiger partial charge in [-0.1, -0.05) is 24.4 Å². The number of fused-ring (bicyclic) bond motifs is 1. The van der Waals surface area contributed by atoms with Crippen LogP contribution in [0.25, 0.3) is 5.78 Å². The van der Waals surface area contributed by atoms with Gasteiger partial charge in [-0.3, -0.25) is 4.79 Å². The number of carbonyl (C=O) groups excluding carboxylic acids is 2. The molecule has 2 aliphatic carbocycles. The highest BCUT2D eigenvalue weighted by atomic mass is 35.5. The van der Waals surface area contributed by atoms with E-state index in [9.17, 15) is 14.7 Å². The van der Waals surface area contributed by atoms with Crippen molar-refractivity contribution < 1.29 is 28.9 Å². The molecule has 1 atom stereocenters. The normalized spacial score (nSPS) is 19.7. The zero-order valence-corrected chi connectivity index (χ0v) is 24.9. The van der Waals surface area contributed by atoms with E-state index < -0.39 is 5.97 Å². The predicted molar refractivity (Wildman–Crippen MR) is 154 cm³/mol. The number of esters is 1. The van der Waals surface area contributed by atoms with E-state index in [4.69, 9.17) is 25.8 Å². The zero-order chi connectivity index (χ0) is 29.1. The van der Waals surface area contributed by atoms with E-state index in [1.165, 1.54) is 16.9 Å². The number of hydrogen-bond donors (Lipinski definition) is 1. The van der Waals surface area contributed by atoms with Gasteiger partial charge in [0.2, 0.25) is 5.16 Å². The van der Waals surface area contributed by atoms with Crippen LogP contribution in [-0.2, 0) is 16.0 Å². The monoisotopic (exact) mass is 600 g/mol. The fraction of sp³-hybridized carbons (Fsp3) is 0.483. The van der Waals surface area contributed by atoms with E-state index in [2.05, 4.69) is 15.1 Å². The first-order valence-corrected chi connectivity index (χ1v) is 14.9. The Bertz CT molecular complexity index is 1500. The summed E-state index contributed by atoms with van der Waals surface area (Å²) < 4.78 is 17.3. The molecule has 12 heteroatoms. The molecule has 218 valence electrons. The number of allylic oxidation sites excluding steroid dienone is 2. The van der Waals surface area contributed by atoms with Crippen molar-refractivity contribution in [2.45, 2.75) is 63.4 Å². The Labute approximate surface area is 247 Å². The summed E-state index contributed by atoms with van der Waals surface area (Å²) in [4.78, 5) is 34.5. The number of benzene rings is 1. The van der Waals surface area contributed by atoms with Crippen LogP contribution in [0.15, 0.2) is 40.3 Å². The van der Waals surface area contributed by atoms with Gasteiger partial charge in [-0.05, 0) is 67.3 Å². The molecule has 0 radical (unpaired) electrons. The van der Waals surface area contributed by atoms with E-state index in [1.807, 2.05) is 6.07 Å². The number of carbonyl (C=O) groups is 2. The molecule has 1 fully saturated rings. The molecule has 0 bridgehead atoms. The highest BCUT2D eigenvalue weighted by Gasteiger charge is 2.46. The first-order chi connectivity index (χ1) is 19.8. The maximum absolute atomic E-state index is 13.6. The molecule has 2 heterocycles. The average molecular weight is 601 g/mol. The molecule has 0 spiro atoms. The van der Waals surface area contributed by atoms with Gasteiger partial charge in [0.1, 0.15) is 17.3 Å². The van der Waals surface area contributed by atoms with Gasteiger partial charge in [-0.15, -0.1) is 5.10 Å². The largest absolute Gasteiger partial charge is 0.511 e. The number of thioether (sulfide) groups is 1.